The van der Waals surface area contributed by atoms with Crippen LogP contribution in [0.2, 0.25) is 0 Å². The fourth-order valence-corrected chi connectivity index (χ4v) is 0.515. The zero-order valence-electron chi connectivity index (χ0n) is 7.26. The lowest BCUT2D eigenvalue weighted by molar-refractivity contribution is -0.155. The van der Waals surface area contributed by atoms with Crippen molar-refractivity contribution >= 4 is 5.97 Å². The molecule has 0 fully saturated rings. The zero-order valence-corrected chi connectivity index (χ0v) is 7.26. The van der Waals surface area contributed by atoms with Crippen LogP contribution in [0.1, 0.15) is 33.1 Å². The van der Waals surface area contributed by atoms with Gasteiger partial charge in [-0.15, -0.1) is 0 Å². The van der Waals surface area contributed by atoms with Gasteiger partial charge < -0.3 is 9.47 Å². The third kappa shape index (κ3) is 7.33. The highest BCUT2D eigenvalue weighted by molar-refractivity contribution is 5.68. The first-order valence-corrected chi connectivity index (χ1v) is 4.04. The summed E-state index contributed by atoms with van der Waals surface area (Å²) in [6.07, 6.45) is 2.53. The Hall–Kier alpha value is -0.570. The summed E-state index contributed by atoms with van der Waals surface area (Å²) in [5, 5.41) is 0. The Kier molecular flexibility index (Phi) is 7.15. The predicted molar refractivity (Wildman–Crippen MR) is 42.1 cm³/mol. The van der Waals surface area contributed by atoms with Crippen molar-refractivity contribution < 1.29 is 14.3 Å². The number of carbonyl (C=O) groups excluding carboxylic acids is 1. The van der Waals surface area contributed by atoms with Crippen LogP contribution in [0.15, 0.2) is 0 Å². The quantitative estimate of drug-likeness (QED) is 0.337. The summed E-state index contributed by atoms with van der Waals surface area (Å²) >= 11 is 0. The van der Waals surface area contributed by atoms with Crippen molar-refractivity contribution in [3.63, 3.8) is 0 Å². The minimum atomic E-state index is -0.207. The SMILES string of the molecule is CCCCOCOC(=O)CC. The Labute approximate surface area is 67.7 Å². The second-order valence-electron chi connectivity index (χ2n) is 2.25. The fraction of sp³-hybridized carbons (Fsp3) is 0.875. The zero-order chi connectivity index (χ0) is 8.53. The van der Waals surface area contributed by atoms with E-state index in [1.807, 2.05) is 0 Å². The molecular weight excluding hydrogens is 144 g/mol. The van der Waals surface area contributed by atoms with Crippen molar-refractivity contribution in [1.82, 2.24) is 0 Å². The molecule has 0 spiro atoms. The topological polar surface area (TPSA) is 35.5 Å². The molecule has 0 rings (SSSR count). The van der Waals surface area contributed by atoms with Gasteiger partial charge in [-0.2, -0.15) is 0 Å². The number of unbranched alkanes of at least 4 members (excludes halogenated alkanes) is 1. The summed E-state index contributed by atoms with van der Waals surface area (Å²) in [7, 11) is 0. The molecule has 0 aliphatic carbocycles. The third-order valence-electron chi connectivity index (χ3n) is 1.23. The molecule has 0 atom stereocenters. The molecule has 11 heavy (non-hydrogen) atoms. The monoisotopic (exact) mass is 160 g/mol. The Balaban J connectivity index is 2.95. The largest absolute Gasteiger partial charge is 0.438 e. The van der Waals surface area contributed by atoms with Gasteiger partial charge >= 0.3 is 5.97 Å². The van der Waals surface area contributed by atoms with Gasteiger partial charge in [-0.25, -0.2) is 0 Å². The van der Waals surface area contributed by atoms with E-state index >= 15 is 0 Å². The second kappa shape index (κ2) is 7.54. The van der Waals surface area contributed by atoms with E-state index in [0.29, 0.717) is 13.0 Å². The van der Waals surface area contributed by atoms with Crippen LogP contribution in [0.3, 0.4) is 0 Å². The van der Waals surface area contributed by atoms with E-state index in [-0.39, 0.29) is 12.8 Å². The van der Waals surface area contributed by atoms with Crippen LogP contribution in [0, 0.1) is 0 Å². The average Bonchev–Trinajstić information content (AvgIpc) is 2.04. The summed E-state index contributed by atoms with van der Waals surface area (Å²) in [6, 6.07) is 0. The maximum atomic E-state index is 10.5. The number of carbonyl (C=O) groups is 1. The molecule has 0 aliphatic rings. The summed E-state index contributed by atoms with van der Waals surface area (Å²) in [5.41, 5.74) is 0. The van der Waals surface area contributed by atoms with Crippen molar-refractivity contribution in [2.45, 2.75) is 33.1 Å². The van der Waals surface area contributed by atoms with E-state index in [1.165, 1.54) is 0 Å². The van der Waals surface area contributed by atoms with Crippen molar-refractivity contribution in [2.75, 3.05) is 13.4 Å². The average molecular weight is 160 g/mol. The van der Waals surface area contributed by atoms with Crippen molar-refractivity contribution in [2.24, 2.45) is 0 Å². The summed E-state index contributed by atoms with van der Waals surface area (Å²) in [5.74, 6) is -0.207. The van der Waals surface area contributed by atoms with Crippen LogP contribution < -0.4 is 0 Å². The smallest absolute Gasteiger partial charge is 0.307 e. The molecule has 0 N–H and O–H groups in total. The molecule has 0 radical (unpaired) electrons. The van der Waals surface area contributed by atoms with E-state index < -0.39 is 0 Å². The third-order valence-corrected chi connectivity index (χ3v) is 1.23. The number of rotatable bonds is 6. The van der Waals surface area contributed by atoms with Gasteiger partial charge in [0.1, 0.15) is 0 Å². The van der Waals surface area contributed by atoms with Crippen LogP contribution in [-0.4, -0.2) is 19.4 Å². The molecule has 0 saturated heterocycles. The molecule has 0 amide bonds. The van der Waals surface area contributed by atoms with Gasteiger partial charge in [0.15, 0.2) is 6.79 Å². The maximum absolute atomic E-state index is 10.5. The molecule has 3 heteroatoms. The van der Waals surface area contributed by atoms with Gasteiger partial charge in [-0.05, 0) is 6.42 Å². The van der Waals surface area contributed by atoms with Crippen molar-refractivity contribution in [3.8, 4) is 0 Å². The first kappa shape index (κ1) is 10.4. The fourth-order valence-electron chi connectivity index (χ4n) is 0.515. The van der Waals surface area contributed by atoms with Gasteiger partial charge in [0.25, 0.3) is 0 Å². The van der Waals surface area contributed by atoms with Crippen molar-refractivity contribution in [3.05, 3.63) is 0 Å². The van der Waals surface area contributed by atoms with Crippen LogP contribution >= 0.6 is 0 Å². The Morgan fingerprint density at radius 2 is 2.09 bits per heavy atom. The van der Waals surface area contributed by atoms with Crippen LogP contribution in [0.25, 0.3) is 0 Å². The minimum absolute atomic E-state index is 0.104. The van der Waals surface area contributed by atoms with E-state index in [2.05, 4.69) is 11.7 Å². The number of hydrogen-bond acceptors (Lipinski definition) is 3. The predicted octanol–water partition coefficient (Wildman–Crippen LogP) is 1.71. The van der Waals surface area contributed by atoms with Gasteiger partial charge in [-0.3, -0.25) is 4.79 Å². The van der Waals surface area contributed by atoms with Gasteiger partial charge in [0.05, 0.1) is 6.61 Å². The first-order valence-electron chi connectivity index (χ1n) is 4.04. The number of ether oxygens (including phenoxy) is 2. The highest BCUT2D eigenvalue weighted by Gasteiger charge is 1.95. The molecule has 0 aromatic heterocycles. The first-order chi connectivity index (χ1) is 5.31. The van der Waals surface area contributed by atoms with Gasteiger partial charge in [0.2, 0.25) is 0 Å². The van der Waals surface area contributed by atoms with Crippen LogP contribution in [0.5, 0.6) is 0 Å². The summed E-state index contributed by atoms with van der Waals surface area (Å²) < 4.78 is 9.68. The van der Waals surface area contributed by atoms with Crippen LogP contribution in [0.4, 0.5) is 0 Å². The molecule has 0 saturated carbocycles. The molecule has 0 aliphatic heterocycles. The Morgan fingerprint density at radius 3 is 2.64 bits per heavy atom. The highest BCUT2D eigenvalue weighted by atomic mass is 16.7. The summed E-state index contributed by atoms with van der Waals surface area (Å²) in [4.78, 5) is 10.5. The Bertz CT molecular complexity index is 102. The van der Waals surface area contributed by atoms with Crippen LogP contribution in [-0.2, 0) is 14.3 Å². The molecule has 66 valence electrons. The van der Waals surface area contributed by atoms with E-state index in [0.717, 1.165) is 12.8 Å². The lowest BCUT2D eigenvalue weighted by atomic mass is 10.4. The molecule has 0 aromatic rings. The van der Waals surface area contributed by atoms with Gasteiger partial charge in [0, 0.05) is 6.42 Å². The maximum Gasteiger partial charge on any atom is 0.307 e. The molecular formula is C8H16O3. The standard InChI is InChI=1S/C8H16O3/c1-3-5-6-10-7-11-8(9)4-2/h3-7H2,1-2H3. The summed E-state index contributed by atoms with van der Waals surface area (Å²) in [6.45, 7) is 4.62. The minimum Gasteiger partial charge on any atom is -0.438 e. The van der Waals surface area contributed by atoms with E-state index in [1.54, 1.807) is 6.92 Å². The lowest BCUT2D eigenvalue weighted by Gasteiger charge is -2.03. The molecule has 0 unspecified atom stereocenters. The number of esters is 1. The second-order valence-corrected chi connectivity index (χ2v) is 2.25. The highest BCUT2D eigenvalue weighted by Crippen LogP contribution is 1.89. The molecule has 3 nitrogen and oxygen atoms in total. The van der Waals surface area contributed by atoms with E-state index in [9.17, 15) is 4.79 Å². The van der Waals surface area contributed by atoms with E-state index in [4.69, 9.17) is 4.74 Å². The van der Waals surface area contributed by atoms with Gasteiger partial charge in [-0.1, -0.05) is 20.3 Å². The molecule has 0 bridgehead atoms. The lowest BCUT2D eigenvalue weighted by Crippen LogP contribution is -2.07. The normalized spacial score (nSPS) is 9.64. The molecule has 0 heterocycles. The van der Waals surface area contributed by atoms with Crippen molar-refractivity contribution in [1.29, 1.82) is 0 Å². The molecule has 0 aromatic carbocycles. The Morgan fingerprint density at radius 1 is 1.36 bits per heavy atom. The number of hydrogen-bond donors (Lipinski definition) is 0.